The van der Waals surface area contributed by atoms with Crippen LogP contribution in [0.25, 0.3) is 6.08 Å². The largest absolute Gasteiger partial charge is 0.396 e. The molecule has 3 rings (SSSR count). The van der Waals surface area contributed by atoms with Gasteiger partial charge in [0.1, 0.15) is 10.4 Å². The zero-order chi connectivity index (χ0) is 20.3. The zero-order valence-corrected chi connectivity index (χ0v) is 18.6. The second-order valence-corrected chi connectivity index (χ2v) is 10.1. The van der Waals surface area contributed by atoms with Gasteiger partial charge in [0.25, 0.3) is 5.91 Å². The fraction of sp³-hybridized carbons (Fsp3) is 0.550. The number of amides is 2. The molecule has 0 radical (unpaired) electrons. The lowest BCUT2D eigenvalue weighted by Gasteiger charge is -2.40. The standard InChI is InChI=1S/C20H26N2O3S3/c1-13(2)17(19(25)21-9-4-3-6-14(21)8-10-23)22-18(24)16(28-20(22)26)12-15-7-5-11-27-15/h5,7,11-14,17,23H,3-4,6,8-10H2,1-2H3/b16-12-/t14-,17+/m1/s1. The number of thiocarbonyl (C=S) groups is 1. The first-order valence-electron chi connectivity index (χ1n) is 9.66. The minimum Gasteiger partial charge on any atom is -0.396 e. The first kappa shape index (κ1) is 21.5. The van der Waals surface area contributed by atoms with Crippen LogP contribution in [0.5, 0.6) is 0 Å². The van der Waals surface area contributed by atoms with Crippen LogP contribution in [0.3, 0.4) is 0 Å². The van der Waals surface area contributed by atoms with Crippen LogP contribution in [-0.2, 0) is 9.59 Å². The van der Waals surface area contributed by atoms with Crippen molar-refractivity contribution in [3.63, 3.8) is 0 Å². The smallest absolute Gasteiger partial charge is 0.266 e. The molecule has 0 aliphatic carbocycles. The fourth-order valence-corrected chi connectivity index (χ4v) is 5.88. The average molecular weight is 439 g/mol. The normalized spacial score (nSPS) is 23.1. The zero-order valence-electron chi connectivity index (χ0n) is 16.2. The highest BCUT2D eigenvalue weighted by atomic mass is 32.2. The molecule has 2 saturated heterocycles. The van der Waals surface area contributed by atoms with Crippen LogP contribution in [0.4, 0.5) is 0 Å². The van der Waals surface area contributed by atoms with Crippen LogP contribution in [-0.4, -0.2) is 56.3 Å². The predicted octanol–water partition coefficient (Wildman–Crippen LogP) is 3.74. The second-order valence-electron chi connectivity index (χ2n) is 7.45. The molecule has 8 heteroatoms. The van der Waals surface area contributed by atoms with E-state index in [4.69, 9.17) is 12.2 Å². The summed E-state index contributed by atoms with van der Waals surface area (Å²) in [4.78, 5) is 31.6. The van der Waals surface area contributed by atoms with Gasteiger partial charge >= 0.3 is 0 Å². The van der Waals surface area contributed by atoms with Gasteiger partial charge in [-0.1, -0.05) is 43.9 Å². The van der Waals surface area contributed by atoms with Gasteiger partial charge in [-0.15, -0.1) is 11.3 Å². The van der Waals surface area contributed by atoms with Crippen LogP contribution >= 0.6 is 35.3 Å². The maximum absolute atomic E-state index is 13.5. The number of piperidine rings is 1. The number of nitrogens with zero attached hydrogens (tertiary/aromatic N) is 2. The first-order valence-corrected chi connectivity index (χ1v) is 11.8. The summed E-state index contributed by atoms with van der Waals surface area (Å²) in [6.45, 7) is 4.64. The Bertz CT molecular complexity index is 759. The van der Waals surface area contributed by atoms with Gasteiger partial charge in [0.2, 0.25) is 5.91 Å². The molecule has 28 heavy (non-hydrogen) atoms. The van der Waals surface area contributed by atoms with E-state index in [1.165, 1.54) is 16.7 Å². The Hall–Kier alpha value is -1.22. The van der Waals surface area contributed by atoms with E-state index in [1.807, 2.05) is 42.3 Å². The van der Waals surface area contributed by atoms with Crippen molar-refractivity contribution in [3.05, 3.63) is 27.3 Å². The Labute approximate surface area is 179 Å². The van der Waals surface area contributed by atoms with E-state index in [-0.39, 0.29) is 30.4 Å². The summed E-state index contributed by atoms with van der Waals surface area (Å²) in [5.41, 5.74) is 0. The van der Waals surface area contributed by atoms with E-state index in [0.29, 0.717) is 22.2 Å². The van der Waals surface area contributed by atoms with E-state index in [9.17, 15) is 14.7 Å². The van der Waals surface area contributed by atoms with E-state index >= 15 is 0 Å². The molecule has 2 aliphatic rings. The van der Waals surface area contributed by atoms with E-state index in [2.05, 4.69) is 0 Å². The molecule has 1 aromatic rings. The Morgan fingerprint density at radius 2 is 2.21 bits per heavy atom. The fourth-order valence-electron chi connectivity index (χ4n) is 3.83. The molecule has 2 atom stereocenters. The molecule has 2 fully saturated rings. The van der Waals surface area contributed by atoms with Gasteiger partial charge in [0.05, 0.1) is 4.91 Å². The molecule has 0 unspecified atom stereocenters. The number of rotatable bonds is 6. The maximum Gasteiger partial charge on any atom is 0.266 e. The number of likely N-dealkylation sites (tertiary alicyclic amines) is 1. The van der Waals surface area contributed by atoms with Crippen molar-refractivity contribution in [2.75, 3.05) is 13.2 Å². The number of thiophene rings is 1. The van der Waals surface area contributed by atoms with Gasteiger partial charge in [-0.3, -0.25) is 14.5 Å². The third-order valence-electron chi connectivity index (χ3n) is 5.18. The lowest BCUT2D eigenvalue weighted by molar-refractivity contribution is -0.145. The molecular weight excluding hydrogens is 412 g/mol. The molecule has 152 valence electrons. The lowest BCUT2D eigenvalue weighted by atomic mass is 9.95. The Kier molecular flexibility index (Phi) is 7.31. The molecule has 5 nitrogen and oxygen atoms in total. The molecule has 1 aromatic heterocycles. The molecule has 1 N–H and O–H groups in total. The van der Waals surface area contributed by atoms with Crippen molar-refractivity contribution in [2.24, 2.45) is 5.92 Å². The second kappa shape index (κ2) is 9.52. The summed E-state index contributed by atoms with van der Waals surface area (Å²) < 4.78 is 0.440. The number of hydrogen-bond donors (Lipinski definition) is 1. The molecule has 0 spiro atoms. The van der Waals surface area contributed by atoms with Crippen LogP contribution in [0, 0.1) is 5.92 Å². The van der Waals surface area contributed by atoms with Crippen molar-refractivity contribution >= 4 is 57.5 Å². The number of carbonyl (C=O) groups is 2. The summed E-state index contributed by atoms with van der Waals surface area (Å²) in [6.07, 6.45) is 5.34. The Morgan fingerprint density at radius 3 is 2.86 bits per heavy atom. The first-order chi connectivity index (χ1) is 13.4. The van der Waals surface area contributed by atoms with Gasteiger partial charge in [-0.25, -0.2) is 0 Å². The number of aliphatic hydroxyl groups excluding tert-OH is 1. The van der Waals surface area contributed by atoms with Gasteiger partial charge in [-0.05, 0) is 49.1 Å². The molecule has 0 saturated carbocycles. The lowest BCUT2D eigenvalue weighted by Crippen LogP contribution is -2.56. The summed E-state index contributed by atoms with van der Waals surface area (Å²) in [5, 5.41) is 11.3. The van der Waals surface area contributed by atoms with Crippen LogP contribution in [0.1, 0.15) is 44.4 Å². The molecule has 3 heterocycles. The highest BCUT2D eigenvalue weighted by molar-refractivity contribution is 8.26. The van der Waals surface area contributed by atoms with Crippen molar-refractivity contribution in [1.29, 1.82) is 0 Å². The summed E-state index contributed by atoms with van der Waals surface area (Å²) in [6, 6.07) is 3.32. The summed E-state index contributed by atoms with van der Waals surface area (Å²) in [7, 11) is 0. The van der Waals surface area contributed by atoms with Crippen LogP contribution in [0.15, 0.2) is 22.4 Å². The maximum atomic E-state index is 13.5. The van der Waals surface area contributed by atoms with E-state index < -0.39 is 6.04 Å². The quantitative estimate of drug-likeness (QED) is 0.542. The number of carbonyl (C=O) groups excluding carboxylic acids is 2. The minimum absolute atomic E-state index is 0.0348. The van der Waals surface area contributed by atoms with Crippen LogP contribution < -0.4 is 0 Å². The van der Waals surface area contributed by atoms with Crippen molar-refractivity contribution < 1.29 is 14.7 Å². The predicted molar refractivity (Wildman–Crippen MR) is 119 cm³/mol. The molecule has 2 aliphatic heterocycles. The number of thioether (sulfide) groups is 1. The number of aliphatic hydroxyl groups is 1. The van der Waals surface area contributed by atoms with Gasteiger partial charge < -0.3 is 10.0 Å². The van der Waals surface area contributed by atoms with Gasteiger partial charge in [0.15, 0.2) is 0 Å². The summed E-state index contributed by atoms with van der Waals surface area (Å²) in [5.74, 6) is -0.305. The third kappa shape index (κ3) is 4.50. The minimum atomic E-state index is -0.610. The topological polar surface area (TPSA) is 60.9 Å². The average Bonchev–Trinajstić information content (AvgIpc) is 3.26. The van der Waals surface area contributed by atoms with Crippen LogP contribution in [0.2, 0.25) is 0 Å². The van der Waals surface area contributed by atoms with Crippen molar-refractivity contribution in [1.82, 2.24) is 9.80 Å². The SMILES string of the molecule is CC(C)[C@@H](C(=O)N1CCCC[C@@H]1CCO)N1C(=O)/C(=C/c2cccs2)SC1=S. The molecule has 0 aromatic carbocycles. The Balaban J connectivity index is 1.86. The van der Waals surface area contributed by atoms with Gasteiger partial charge in [0, 0.05) is 24.1 Å². The van der Waals surface area contributed by atoms with Crippen molar-refractivity contribution in [3.8, 4) is 0 Å². The van der Waals surface area contributed by atoms with E-state index in [0.717, 1.165) is 24.1 Å². The molecular formula is C20H26N2O3S3. The monoisotopic (exact) mass is 438 g/mol. The highest BCUT2D eigenvalue weighted by Gasteiger charge is 2.44. The third-order valence-corrected chi connectivity index (χ3v) is 7.33. The van der Waals surface area contributed by atoms with Crippen molar-refractivity contribution in [2.45, 2.75) is 51.6 Å². The van der Waals surface area contributed by atoms with Gasteiger partial charge in [-0.2, -0.15) is 0 Å². The van der Waals surface area contributed by atoms with E-state index in [1.54, 1.807) is 11.3 Å². The summed E-state index contributed by atoms with van der Waals surface area (Å²) >= 11 is 8.33. The Morgan fingerprint density at radius 1 is 1.43 bits per heavy atom. The molecule has 2 amide bonds. The molecule has 0 bridgehead atoms. The highest BCUT2D eigenvalue weighted by Crippen LogP contribution is 2.37. The number of hydrogen-bond acceptors (Lipinski definition) is 6.